The lowest BCUT2D eigenvalue weighted by Crippen LogP contribution is -1.89. The number of aromatic nitrogens is 1. The van der Waals surface area contributed by atoms with E-state index < -0.39 is 0 Å². The van der Waals surface area contributed by atoms with E-state index >= 15 is 0 Å². The van der Waals surface area contributed by atoms with Crippen molar-refractivity contribution in [2.24, 2.45) is 0 Å². The largest absolute Gasteiger partial charge is 0.497 e. The summed E-state index contributed by atoms with van der Waals surface area (Å²) in [5.74, 6) is 0.862. The van der Waals surface area contributed by atoms with Gasteiger partial charge < -0.3 is 4.74 Å². The van der Waals surface area contributed by atoms with Crippen molar-refractivity contribution in [1.29, 1.82) is 0 Å². The molecule has 0 saturated carbocycles. The van der Waals surface area contributed by atoms with Crippen molar-refractivity contribution in [2.75, 3.05) is 7.11 Å². The first-order valence-electron chi connectivity index (χ1n) is 6.29. The summed E-state index contributed by atoms with van der Waals surface area (Å²) in [6.07, 6.45) is 0. The molecule has 3 heteroatoms. The number of fused-ring (bicyclic) bond motifs is 1. The fraction of sp³-hybridized carbons (Fsp3) is 0.118. The lowest BCUT2D eigenvalue weighted by atomic mass is 10.1. The number of hydrogen-bond donors (Lipinski definition) is 0. The molecule has 0 unspecified atom stereocenters. The van der Waals surface area contributed by atoms with Gasteiger partial charge in [-0.3, -0.25) is 0 Å². The van der Waals surface area contributed by atoms with E-state index in [1.807, 2.05) is 36.4 Å². The fourth-order valence-corrected chi connectivity index (χ4v) is 2.26. The smallest absolute Gasteiger partial charge is 0.118 e. The molecule has 20 heavy (non-hydrogen) atoms. The van der Waals surface area contributed by atoms with Crippen LogP contribution in [-0.4, -0.2) is 12.1 Å². The van der Waals surface area contributed by atoms with Gasteiger partial charge in [0.05, 0.1) is 18.3 Å². The van der Waals surface area contributed by atoms with Gasteiger partial charge in [-0.1, -0.05) is 18.2 Å². The molecule has 0 saturated heterocycles. The van der Waals surface area contributed by atoms with Crippen LogP contribution in [0.1, 0.15) is 5.56 Å². The Morgan fingerprint density at radius 2 is 1.65 bits per heavy atom. The molecule has 0 aliphatic heterocycles. The summed E-state index contributed by atoms with van der Waals surface area (Å²) in [6, 6.07) is 18.3. The number of ether oxygens (including phenoxy) is 1. The van der Waals surface area contributed by atoms with Crippen molar-refractivity contribution in [1.82, 2.24) is 4.98 Å². The summed E-state index contributed by atoms with van der Waals surface area (Å²) in [6.45, 7) is 2.12. The van der Waals surface area contributed by atoms with Crippen LogP contribution in [0.4, 0.5) is 0 Å². The van der Waals surface area contributed by atoms with Gasteiger partial charge in [0.15, 0.2) is 0 Å². The maximum atomic E-state index is 5.18. The van der Waals surface area contributed by atoms with Gasteiger partial charge in [-0.25, -0.2) is 4.98 Å². The second-order valence-corrected chi connectivity index (χ2v) is 4.57. The van der Waals surface area contributed by atoms with Crippen LogP contribution in [0, 0.1) is 6.92 Å². The Balaban J connectivity index is 0.00000147. The molecular formula is C17H16ClNO. The Morgan fingerprint density at radius 1 is 0.950 bits per heavy atom. The number of rotatable bonds is 2. The molecule has 3 aromatic rings. The van der Waals surface area contributed by atoms with Crippen LogP contribution in [0.15, 0.2) is 54.6 Å². The highest BCUT2D eigenvalue weighted by Crippen LogP contribution is 2.25. The summed E-state index contributed by atoms with van der Waals surface area (Å²) in [4.78, 5) is 4.72. The molecular weight excluding hydrogens is 270 g/mol. The summed E-state index contributed by atoms with van der Waals surface area (Å²) < 4.78 is 5.18. The van der Waals surface area contributed by atoms with E-state index in [-0.39, 0.29) is 12.4 Å². The van der Waals surface area contributed by atoms with E-state index in [0.29, 0.717) is 0 Å². The molecule has 0 bridgehead atoms. The first-order valence-corrected chi connectivity index (χ1v) is 6.29. The lowest BCUT2D eigenvalue weighted by Gasteiger charge is -2.07. The number of hydrogen-bond acceptors (Lipinski definition) is 2. The molecule has 1 heterocycles. The predicted molar refractivity (Wildman–Crippen MR) is 85.7 cm³/mol. The van der Waals surface area contributed by atoms with Crippen molar-refractivity contribution in [3.8, 4) is 17.0 Å². The highest BCUT2D eigenvalue weighted by atomic mass is 35.5. The minimum Gasteiger partial charge on any atom is -0.497 e. The van der Waals surface area contributed by atoms with Crippen LogP contribution in [0.25, 0.3) is 22.2 Å². The molecule has 1 aromatic heterocycles. The van der Waals surface area contributed by atoms with E-state index in [9.17, 15) is 0 Å². The van der Waals surface area contributed by atoms with Crippen LogP contribution in [-0.2, 0) is 0 Å². The van der Waals surface area contributed by atoms with Gasteiger partial charge in [0.2, 0.25) is 0 Å². The molecule has 102 valence electrons. The third-order valence-corrected chi connectivity index (χ3v) is 3.31. The van der Waals surface area contributed by atoms with Crippen LogP contribution in [0.2, 0.25) is 0 Å². The molecule has 2 aromatic carbocycles. The quantitative estimate of drug-likeness (QED) is 0.684. The number of para-hydroxylation sites is 1. The first-order chi connectivity index (χ1) is 9.28. The van der Waals surface area contributed by atoms with Gasteiger partial charge in [-0.2, -0.15) is 0 Å². The standard InChI is InChI=1S/C17H15NO.ClH/c1-12-11-17(13-7-9-14(19-2)10-8-13)18-16-6-4-3-5-15(12)16;/h3-11H,1-2H3;1H. The zero-order chi connectivity index (χ0) is 13.2. The van der Waals surface area contributed by atoms with E-state index in [1.54, 1.807) is 7.11 Å². The molecule has 0 atom stereocenters. The van der Waals surface area contributed by atoms with Crippen LogP contribution in [0.5, 0.6) is 5.75 Å². The number of methoxy groups -OCH3 is 1. The summed E-state index contributed by atoms with van der Waals surface area (Å²) in [5.41, 5.74) is 4.39. The van der Waals surface area contributed by atoms with Gasteiger partial charge in [0, 0.05) is 10.9 Å². The Kier molecular flexibility index (Phi) is 4.26. The number of aryl methyl sites for hydroxylation is 1. The first kappa shape index (κ1) is 14.4. The Hall–Kier alpha value is -2.06. The van der Waals surface area contributed by atoms with E-state index in [0.717, 1.165) is 22.5 Å². The zero-order valence-corrected chi connectivity index (χ0v) is 12.3. The Labute approximate surface area is 124 Å². The minimum absolute atomic E-state index is 0. The highest BCUT2D eigenvalue weighted by molar-refractivity contribution is 5.85. The van der Waals surface area contributed by atoms with Gasteiger partial charge in [-0.05, 0) is 48.9 Å². The van der Waals surface area contributed by atoms with Gasteiger partial charge in [-0.15, -0.1) is 12.4 Å². The van der Waals surface area contributed by atoms with Crippen LogP contribution >= 0.6 is 12.4 Å². The SMILES string of the molecule is COc1ccc(-c2cc(C)c3ccccc3n2)cc1.Cl. The van der Waals surface area contributed by atoms with Crippen LogP contribution < -0.4 is 4.74 Å². The minimum atomic E-state index is 0. The maximum Gasteiger partial charge on any atom is 0.118 e. The second-order valence-electron chi connectivity index (χ2n) is 4.57. The summed E-state index contributed by atoms with van der Waals surface area (Å²) >= 11 is 0. The molecule has 0 aliphatic rings. The third kappa shape index (κ3) is 2.61. The van der Waals surface area contributed by atoms with E-state index in [2.05, 4.69) is 25.1 Å². The maximum absolute atomic E-state index is 5.18. The predicted octanol–water partition coefficient (Wildman–Crippen LogP) is 4.64. The van der Waals surface area contributed by atoms with E-state index in [4.69, 9.17) is 9.72 Å². The summed E-state index contributed by atoms with van der Waals surface area (Å²) in [5, 5.41) is 1.21. The highest BCUT2D eigenvalue weighted by Gasteiger charge is 2.04. The number of nitrogens with zero attached hydrogens (tertiary/aromatic N) is 1. The number of benzene rings is 2. The third-order valence-electron chi connectivity index (χ3n) is 3.31. The van der Waals surface area contributed by atoms with Gasteiger partial charge in [0.1, 0.15) is 5.75 Å². The average molecular weight is 286 g/mol. The molecule has 3 rings (SSSR count). The molecule has 0 amide bonds. The van der Waals surface area contributed by atoms with Crippen molar-refractivity contribution >= 4 is 23.3 Å². The molecule has 0 aliphatic carbocycles. The molecule has 0 N–H and O–H groups in total. The van der Waals surface area contributed by atoms with Crippen LogP contribution in [0.3, 0.4) is 0 Å². The van der Waals surface area contributed by atoms with Gasteiger partial charge in [0.25, 0.3) is 0 Å². The van der Waals surface area contributed by atoms with E-state index in [1.165, 1.54) is 10.9 Å². The van der Waals surface area contributed by atoms with Crippen molar-refractivity contribution < 1.29 is 4.74 Å². The Bertz CT molecular complexity index is 723. The average Bonchev–Trinajstić information content (AvgIpc) is 2.47. The topological polar surface area (TPSA) is 22.1 Å². The summed E-state index contributed by atoms with van der Waals surface area (Å²) in [7, 11) is 1.67. The lowest BCUT2D eigenvalue weighted by molar-refractivity contribution is 0.415. The zero-order valence-electron chi connectivity index (χ0n) is 11.5. The second kappa shape index (κ2) is 5.93. The molecule has 0 spiro atoms. The number of pyridine rings is 1. The van der Waals surface area contributed by atoms with Crippen molar-refractivity contribution in [3.63, 3.8) is 0 Å². The normalized spacial score (nSPS) is 10.1. The molecule has 2 nitrogen and oxygen atoms in total. The Morgan fingerprint density at radius 3 is 2.35 bits per heavy atom. The number of halogens is 1. The van der Waals surface area contributed by atoms with Crippen molar-refractivity contribution in [3.05, 3.63) is 60.2 Å². The van der Waals surface area contributed by atoms with Gasteiger partial charge >= 0.3 is 0 Å². The monoisotopic (exact) mass is 285 g/mol. The molecule has 0 fully saturated rings. The fourth-order valence-electron chi connectivity index (χ4n) is 2.26. The molecule has 0 radical (unpaired) electrons. The van der Waals surface area contributed by atoms with Crippen molar-refractivity contribution in [2.45, 2.75) is 6.92 Å².